The number of hydrogen-bond donors (Lipinski definition) is 1. The van der Waals surface area contributed by atoms with Crippen LogP contribution >= 0.6 is 11.6 Å². The molecule has 2 heteroatoms. The molecule has 0 amide bonds. The Bertz CT molecular complexity index is 425. The fourth-order valence-corrected chi connectivity index (χ4v) is 3.40. The van der Waals surface area contributed by atoms with Crippen LogP contribution in [0.5, 0.6) is 0 Å². The Labute approximate surface area is 122 Å². The molecule has 0 unspecified atom stereocenters. The maximum atomic E-state index is 10.8. The van der Waals surface area contributed by atoms with E-state index >= 15 is 0 Å². The minimum Gasteiger partial charge on any atom is -0.390 e. The average molecular weight is 281 g/mol. The van der Waals surface area contributed by atoms with Crippen molar-refractivity contribution >= 4 is 11.6 Å². The molecule has 1 aromatic rings. The minimum absolute atomic E-state index is 0.353. The molecule has 0 heterocycles. The van der Waals surface area contributed by atoms with Crippen molar-refractivity contribution in [3.8, 4) is 0 Å². The minimum atomic E-state index is -0.563. The lowest BCUT2D eigenvalue weighted by atomic mass is 9.67. The number of rotatable bonds is 2. The molecular formula is C17H25ClO. The van der Waals surface area contributed by atoms with Crippen LogP contribution in [0.3, 0.4) is 0 Å². The Balaban J connectivity index is 2.01. The van der Waals surface area contributed by atoms with Gasteiger partial charge in [-0.05, 0) is 48.6 Å². The summed E-state index contributed by atoms with van der Waals surface area (Å²) in [6.07, 6.45) is 4.69. The van der Waals surface area contributed by atoms with E-state index < -0.39 is 5.60 Å². The maximum Gasteiger partial charge on any atom is 0.0688 e. The van der Waals surface area contributed by atoms with E-state index in [1.807, 2.05) is 24.3 Å². The van der Waals surface area contributed by atoms with Gasteiger partial charge in [-0.1, -0.05) is 50.6 Å². The van der Waals surface area contributed by atoms with E-state index in [2.05, 4.69) is 20.8 Å². The summed E-state index contributed by atoms with van der Waals surface area (Å²) >= 11 is 6.20. The second-order valence-corrected chi connectivity index (χ2v) is 7.54. The summed E-state index contributed by atoms with van der Waals surface area (Å²) in [6.45, 7) is 6.91. The van der Waals surface area contributed by atoms with Gasteiger partial charge in [0, 0.05) is 11.4 Å². The highest BCUT2D eigenvalue weighted by molar-refractivity contribution is 6.31. The lowest BCUT2D eigenvalue weighted by Gasteiger charge is -2.41. The molecule has 19 heavy (non-hydrogen) atoms. The smallest absolute Gasteiger partial charge is 0.0688 e. The van der Waals surface area contributed by atoms with E-state index in [9.17, 15) is 5.11 Å². The summed E-state index contributed by atoms with van der Waals surface area (Å²) in [5, 5.41) is 11.5. The van der Waals surface area contributed by atoms with Crippen LogP contribution in [0.2, 0.25) is 5.02 Å². The normalized spacial score (nSPS) is 28.4. The first-order chi connectivity index (χ1) is 8.80. The van der Waals surface area contributed by atoms with Gasteiger partial charge in [0.2, 0.25) is 0 Å². The highest BCUT2D eigenvalue weighted by Crippen LogP contribution is 2.42. The first kappa shape index (κ1) is 14.9. The van der Waals surface area contributed by atoms with E-state index in [0.29, 0.717) is 11.8 Å². The fourth-order valence-electron chi connectivity index (χ4n) is 3.19. The molecule has 1 aromatic carbocycles. The third-order valence-corrected chi connectivity index (χ3v) is 4.99. The molecule has 106 valence electrons. The van der Waals surface area contributed by atoms with Crippen LogP contribution in [0, 0.1) is 11.3 Å². The zero-order chi connectivity index (χ0) is 14.1. The van der Waals surface area contributed by atoms with Gasteiger partial charge in [0.15, 0.2) is 0 Å². The van der Waals surface area contributed by atoms with E-state index in [1.165, 1.54) is 0 Å². The first-order valence-corrected chi connectivity index (χ1v) is 7.64. The van der Waals surface area contributed by atoms with Crippen LogP contribution in [0.15, 0.2) is 24.3 Å². The Morgan fingerprint density at radius 1 is 1.21 bits per heavy atom. The van der Waals surface area contributed by atoms with Crippen molar-refractivity contribution in [2.45, 2.75) is 58.5 Å². The lowest BCUT2D eigenvalue weighted by molar-refractivity contribution is -0.0245. The van der Waals surface area contributed by atoms with Crippen molar-refractivity contribution in [3.05, 3.63) is 34.9 Å². The van der Waals surface area contributed by atoms with Crippen molar-refractivity contribution in [2.24, 2.45) is 11.3 Å². The summed E-state index contributed by atoms with van der Waals surface area (Å²) < 4.78 is 0. The second kappa shape index (κ2) is 5.46. The van der Waals surface area contributed by atoms with Crippen LogP contribution < -0.4 is 0 Å². The molecule has 1 N–H and O–H groups in total. The van der Waals surface area contributed by atoms with Crippen LogP contribution in [0.1, 0.15) is 52.0 Å². The molecular weight excluding hydrogens is 256 g/mol. The third kappa shape index (κ3) is 3.73. The van der Waals surface area contributed by atoms with Crippen molar-refractivity contribution in [1.82, 2.24) is 0 Å². The SMILES string of the molecule is CC(C)(C)C1CCC(O)(Cc2ccccc2Cl)CC1. The van der Waals surface area contributed by atoms with Crippen LogP contribution in [-0.4, -0.2) is 10.7 Å². The van der Waals surface area contributed by atoms with Gasteiger partial charge in [-0.25, -0.2) is 0 Å². The number of benzene rings is 1. The zero-order valence-corrected chi connectivity index (χ0v) is 13.0. The van der Waals surface area contributed by atoms with Crippen LogP contribution in [0.4, 0.5) is 0 Å². The molecule has 0 aliphatic heterocycles. The van der Waals surface area contributed by atoms with Gasteiger partial charge < -0.3 is 5.11 Å². The monoisotopic (exact) mass is 280 g/mol. The topological polar surface area (TPSA) is 20.2 Å². The molecule has 1 fully saturated rings. The molecule has 0 atom stereocenters. The van der Waals surface area contributed by atoms with Gasteiger partial charge in [-0.2, -0.15) is 0 Å². The predicted molar refractivity (Wildman–Crippen MR) is 81.5 cm³/mol. The number of hydrogen-bond acceptors (Lipinski definition) is 1. The first-order valence-electron chi connectivity index (χ1n) is 7.26. The average Bonchev–Trinajstić information content (AvgIpc) is 2.31. The predicted octanol–water partition coefficient (Wildman–Crippen LogP) is 4.85. The van der Waals surface area contributed by atoms with Crippen molar-refractivity contribution in [2.75, 3.05) is 0 Å². The van der Waals surface area contributed by atoms with Gasteiger partial charge in [0.25, 0.3) is 0 Å². The molecule has 2 rings (SSSR count). The molecule has 1 aliphatic carbocycles. The van der Waals surface area contributed by atoms with E-state index in [1.54, 1.807) is 0 Å². The quantitative estimate of drug-likeness (QED) is 0.821. The van der Waals surface area contributed by atoms with Crippen LogP contribution in [0.25, 0.3) is 0 Å². The van der Waals surface area contributed by atoms with E-state index in [4.69, 9.17) is 11.6 Å². The molecule has 1 saturated carbocycles. The third-order valence-electron chi connectivity index (χ3n) is 4.62. The summed E-state index contributed by atoms with van der Waals surface area (Å²) in [5.74, 6) is 0.721. The summed E-state index contributed by atoms with van der Waals surface area (Å²) in [6, 6.07) is 7.86. The Morgan fingerprint density at radius 3 is 2.32 bits per heavy atom. The molecule has 1 nitrogen and oxygen atoms in total. The van der Waals surface area contributed by atoms with Gasteiger partial charge in [0.05, 0.1) is 5.60 Å². The Hall–Kier alpha value is -0.530. The van der Waals surface area contributed by atoms with Gasteiger partial charge in [0.1, 0.15) is 0 Å². The van der Waals surface area contributed by atoms with Gasteiger partial charge in [-0.3, -0.25) is 0 Å². The fraction of sp³-hybridized carbons (Fsp3) is 0.647. The largest absolute Gasteiger partial charge is 0.390 e. The molecule has 0 spiro atoms. The summed E-state index contributed by atoms with van der Waals surface area (Å²) in [5.41, 5.74) is 0.860. The standard InChI is InChI=1S/C17H25ClO/c1-16(2,3)14-8-10-17(19,11-9-14)12-13-6-4-5-7-15(13)18/h4-7,14,19H,8-12H2,1-3H3. The Morgan fingerprint density at radius 2 is 1.79 bits per heavy atom. The maximum absolute atomic E-state index is 10.8. The number of halogens is 1. The molecule has 1 aliphatic rings. The highest BCUT2D eigenvalue weighted by atomic mass is 35.5. The second-order valence-electron chi connectivity index (χ2n) is 7.13. The van der Waals surface area contributed by atoms with Gasteiger partial charge >= 0.3 is 0 Å². The van der Waals surface area contributed by atoms with Gasteiger partial charge in [-0.15, -0.1) is 0 Å². The van der Waals surface area contributed by atoms with Crippen molar-refractivity contribution in [1.29, 1.82) is 0 Å². The Kier molecular flexibility index (Phi) is 4.27. The van der Waals surface area contributed by atoms with Crippen molar-refractivity contribution in [3.63, 3.8) is 0 Å². The zero-order valence-electron chi connectivity index (χ0n) is 12.2. The number of aliphatic hydroxyl groups is 1. The summed E-state index contributed by atoms with van der Waals surface area (Å²) in [4.78, 5) is 0. The van der Waals surface area contributed by atoms with Crippen LogP contribution in [-0.2, 0) is 6.42 Å². The summed E-state index contributed by atoms with van der Waals surface area (Å²) in [7, 11) is 0. The van der Waals surface area contributed by atoms with E-state index in [-0.39, 0.29) is 0 Å². The molecule has 0 saturated heterocycles. The van der Waals surface area contributed by atoms with E-state index in [0.717, 1.165) is 42.2 Å². The molecule has 0 bridgehead atoms. The molecule has 0 aromatic heterocycles. The lowest BCUT2D eigenvalue weighted by Crippen LogP contribution is -2.39. The van der Waals surface area contributed by atoms with Crippen molar-refractivity contribution < 1.29 is 5.11 Å². The highest BCUT2D eigenvalue weighted by Gasteiger charge is 2.37. The molecule has 0 radical (unpaired) electrons.